The van der Waals surface area contributed by atoms with Gasteiger partial charge in [0.15, 0.2) is 0 Å². The fourth-order valence-electron chi connectivity index (χ4n) is 3.13. The van der Waals surface area contributed by atoms with Gasteiger partial charge in [0.1, 0.15) is 16.3 Å². The van der Waals surface area contributed by atoms with Gasteiger partial charge >= 0.3 is 0 Å². The fraction of sp³-hybridized carbons (Fsp3) is 0. The van der Waals surface area contributed by atoms with Crippen molar-refractivity contribution in [3.05, 3.63) is 92.7 Å². The molecule has 4 nitrogen and oxygen atoms in total. The largest absolute Gasteiger partial charge is 0.508 e. The molecule has 0 aliphatic carbocycles. The maximum Gasteiger partial charge on any atom is 0.230 e. The number of thiazole rings is 1. The number of aromatic hydroxyl groups is 1. The molecule has 0 unspecified atom stereocenters. The highest BCUT2D eigenvalue weighted by molar-refractivity contribution is 9.10. The molecule has 2 heterocycles. The third kappa shape index (κ3) is 4.35. The molecule has 5 aromatic rings. The molecule has 0 bridgehead atoms. The molecule has 0 spiro atoms. The Morgan fingerprint density at radius 2 is 1.58 bits per heavy atom. The van der Waals surface area contributed by atoms with Crippen molar-refractivity contribution in [2.24, 2.45) is 4.99 Å². The van der Waals surface area contributed by atoms with E-state index in [2.05, 4.69) is 31.9 Å². The molecule has 3 aromatic carbocycles. The third-order valence-electron chi connectivity index (χ3n) is 4.67. The summed E-state index contributed by atoms with van der Waals surface area (Å²) in [5.74, 6) is 0.144. The number of halogens is 2. The van der Waals surface area contributed by atoms with Crippen LogP contribution in [0, 0.1) is 0 Å². The molecule has 0 fully saturated rings. The summed E-state index contributed by atoms with van der Waals surface area (Å²) >= 11 is 8.46. The number of fused-ring (bicyclic) bond motifs is 1. The van der Waals surface area contributed by atoms with E-state index in [-0.39, 0.29) is 5.75 Å². The Bertz CT molecular complexity index is 1460. The Morgan fingerprint density at radius 3 is 2.32 bits per heavy atom. The average molecular weight is 554 g/mol. The summed E-state index contributed by atoms with van der Waals surface area (Å²) in [5, 5.41) is 13.6. The van der Waals surface area contributed by atoms with E-state index in [4.69, 9.17) is 14.4 Å². The van der Waals surface area contributed by atoms with Gasteiger partial charge < -0.3 is 9.52 Å². The highest BCUT2D eigenvalue weighted by atomic mass is 79.9. The monoisotopic (exact) mass is 552 g/mol. The van der Waals surface area contributed by atoms with Crippen molar-refractivity contribution in [2.75, 3.05) is 0 Å². The quantitative estimate of drug-likeness (QED) is 0.249. The van der Waals surface area contributed by atoms with Crippen molar-refractivity contribution in [3.8, 4) is 27.6 Å². The molecule has 1 N–H and O–H groups in total. The van der Waals surface area contributed by atoms with Crippen LogP contribution in [0.15, 0.2) is 96.5 Å². The van der Waals surface area contributed by atoms with Crippen molar-refractivity contribution >= 4 is 59.9 Å². The lowest BCUT2D eigenvalue weighted by atomic mass is 10.1. The lowest BCUT2D eigenvalue weighted by Gasteiger charge is -2.04. The first-order valence-electron chi connectivity index (χ1n) is 9.34. The third-order valence-corrected chi connectivity index (χ3v) is 6.60. The summed E-state index contributed by atoms with van der Waals surface area (Å²) in [6.07, 6.45) is 0. The van der Waals surface area contributed by atoms with Crippen LogP contribution >= 0.6 is 43.2 Å². The number of aromatic nitrogens is 1. The molecule has 0 saturated carbocycles. The number of phenolic OH excluding ortho intramolecular Hbond substituents is 1. The Morgan fingerprint density at radius 1 is 0.871 bits per heavy atom. The summed E-state index contributed by atoms with van der Waals surface area (Å²) in [6.45, 7) is 0. The fourth-order valence-corrected chi connectivity index (χ4v) is 4.49. The van der Waals surface area contributed by atoms with Gasteiger partial charge in [-0.25, -0.2) is 9.98 Å². The molecule has 5 rings (SSSR count). The van der Waals surface area contributed by atoms with Crippen LogP contribution in [0.1, 0.15) is 0 Å². The SMILES string of the molecule is Oc1ccc2cc(-c3nc(-c4ccc(Br)cc4)cs3)c(=Nc3ccc(Br)cc3)oc2c1. The number of phenols is 1. The Labute approximate surface area is 198 Å². The number of benzene rings is 3. The summed E-state index contributed by atoms with van der Waals surface area (Å²) < 4.78 is 8.12. The molecule has 2 aromatic heterocycles. The minimum Gasteiger partial charge on any atom is -0.508 e. The van der Waals surface area contributed by atoms with E-state index in [0.717, 1.165) is 41.8 Å². The average Bonchev–Trinajstić information content (AvgIpc) is 3.25. The van der Waals surface area contributed by atoms with Crippen LogP contribution < -0.4 is 5.55 Å². The molecule has 0 amide bonds. The van der Waals surface area contributed by atoms with Gasteiger partial charge in [0, 0.05) is 31.3 Å². The zero-order chi connectivity index (χ0) is 21.4. The Hall–Kier alpha value is -2.74. The molecule has 0 radical (unpaired) electrons. The topological polar surface area (TPSA) is 58.6 Å². The van der Waals surface area contributed by atoms with E-state index in [1.807, 2.05) is 66.0 Å². The first-order chi connectivity index (χ1) is 15.0. The van der Waals surface area contributed by atoms with Gasteiger partial charge in [-0.05, 0) is 54.6 Å². The first kappa shape index (κ1) is 20.2. The van der Waals surface area contributed by atoms with Gasteiger partial charge in [-0.1, -0.05) is 44.0 Å². The second-order valence-electron chi connectivity index (χ2n) is 6.82. The van der Waals surface area contributed by atoms with Crippen LogP contribution in [0.25, 0.3) is 32.8 Å². The van der Waals surface area contributed by atoms with Crippen LogP contribution in [0.5, 0.6) is 5.75 Å². The lowest BCUT2D eigenvalue weighted by molar-refractivity contribution is 0.472. The van der Waals surface area contributed by atoms with E-state index in [1.165, 1.54) is 0 Å². The summed E-state index contributed by atoms with van der Waals surface area (Å²) in [7, 11) is 0. The van der Waals surface area contributed by atoms with Crippen molar-refractivity contribution in [2.45, 2.75) is 0 Å². The van der Waals surface area contributed by atoms with Crippen LogP contribution in [-0.2, 0) is 0 Å². The van der Waals surface area contributed by atoms with Gasteiger partial charge in [-0.15, -0.1) is 11.3 Å². The molecule has 0 saturated heterocycles. The molecule has 0 aliphatic heterocycles. The van der Waals surface area contributed by atoms with Crippen LogP contribution in [-0.4, -0.2) is 10.1 Å². The summed E-state index contributed by atoms with van der Waals surface area (Å²) in [6, 6.07) is 22.8. The zero-order valence-corrected chi connectivity index (χ0v) is 19.9. The van der Waals surface area contributed by atoms with E-state index < -0.39 is 0 Å². The second kappa shape index (κ2) is 8.42. The first-order valence-corrected chi connectivity index (χ1v) is 11.8. The van der Waals surface area contributed by atoms with E-state index >= 15 is 0 Å². The molecule has 152 valence electrons. The van der Waals surface area contributed by atoms with Gasteiger partial charge in [-0.2, -0.15) is 0 Å². The molecular formula is C24H14Br2N2O2S. The summed E-state index contributed by atoms with van der Waals surface area (Å²) in [4.78, 5) is 9.57. The van der Waals surface area contributed by atoms with Crippen molar-refractivity contribution in [1.29, 1.82) is 0 Å². The van der Waals surface area contributed by atoms with Crippen LogP contribution in [0.4, 0.5) is 5.69 Å². The number of hydrogen-bond acceptors (Lipinski definition) is 5. The maximum atomic E-state index is 9.87. The number of nitrogens with zero attached hydrogens (tertiary/aromatic N) is 2. The van der Waals surface area contributed by atoms with Crippen LogP contribution in [0.2, 0.25) is 0 Å². The molecule has 31 heavy (non-hydrogen) atoms. The molecule has 0 atom stereocenters. The second-order valence-corrected chi connectivity index (χ2v) is 9.51. The van der Waals surface area contributed by atoms with Crippen molar-refractivity contribution in [3.63, 3.8) is 0 Å². The van der Waals surface area contributed by atoms with E-state index in [1.54, 1.807) is 23.5 Å². The molecule has 0 aliphatic rings. The smallest absolute Gasteiger partial charge is 0.230 e. The molecule has 7 heteroatoms. The highest BCUT2D eigenvalue weighted by Crippen LogP contribution is 2.30. The minimum atomic E-state index is 0.144. The van der Waals surface area contributed by atoms with Gasteiger partial charge in [0.2, 0.25) is 5.55 Å². The van der Waals surface area contributed by atoms with Gasteiger partial charge in [-0.3, -0.25) is 0 Å². The van der Waals surface area contributed by atoms with E-state index in [0.29, 0.717) is 11.1 Å². The van der Waals surface area contributed by atoms with Crippen molar-refractivity contribution in [1.82, 2.24) is 4.98 Å². The van der Waals surface area contributed by atoms with Gasteiger partial charge in [0.25, 0.3) is 0 Å². The zero-order valence-electron chi connectivity index (χ0n) is 15.9. The Kier molecular flexibility index (Phi) is 5.48. The number of hydrogen-bond donors (Lipinski definition) is 1. The summed E-state index contributed by atoms with van der Waals surface area (Å²) in [5.41, 5.74) is 4.50. The highest BCUT2D eigenvalue weighted by Gasteiger charge is 2.13. The predicted molar refractivity (Wildman–Crippen MR) is 131 cm³/mol. The number of rotatable bonds is 3. The van der Waals surface area contributed by atoms with E-state index in [9.17, 15) is 5.11 Å². The van der Waals surface area contributed by atoms with Crippen LogP contribution in [0.3, 0.4) is 0 Å². The predicted octanol–water partition coefficient (Wildman–Crippen LogP) is 7.69. The van der Waals surface area contributed by atoms with Crippen molar-refractivity contribution < 1.29 is 9.52 Å². The molecular weight excluding hydrogens is 540 g/mol. The minimum absolute atomic E-state index is 0.144. The Balaban J connectivity index is 1.69. The lowest BCUT2D eigenvalue weighted by Crippen LogP contribution is -2.05. The normalized spacial score (nSPS) is 11.9. The standard InChI is InChI=1S/C24H14Br2N2O2S/c25-16-4-1-14(2-5-16)21-13-31-24(28-21)20-11-15-3-10-19(29)12-22(15)30-23(20)27-18-8-6-17(26)7-9-18/h1-13,29H. The maximum absolute atomic E-state index is 9.87. The van der Waals surface area contributed by atoms with Gasteiger partial charge in [0.05, 0.1) is 16.9 Å².